The molecule has 2 rings (SSSR count). The number of amides is 1. The molecule has 5 nitrogen and oxygen atoms in total. The summed E-state index contributed by atoms with van der Waals surface area (Å²) in [6.45, 7) is 0.961. The monoisotopic (exact) mass is 212 g/mol. The third-order valence-corrected chi connectivity index (χ3v) is 2.49. The van der Waals surface area contributed by atoms with Crippen LogP contribution in [0.2, 0.25) is 0 Å². The van der Waals surface area contributed by atoms with Crippen molar-refractivity contribution >= 4 is 17.4 Å². The SMILES string of the molecule is O=C(CNCc1csnn1)NC1CC1. The first-order valence-corrected chi connectivity index (χ1v) is 5.44. The molecule has 1 aromatic rings. The van der Waals surface area contributed by atoms with Crippen molar-refractivity contribution in [3.63, 3.8) is 0 Å². The number of nitrogens with one attached hydrogen (secondary N) is 2. The molecule has 1 amide bonds. The van der Waals surface area contributed by atoms with Crippen molar-refractivity contribution in [2.45, 2.75) is 25.4 Å². The fraction of sp³-hybridized carbons (Fsp3) is 0.625. The zero-order valence-corrected chi connectivity index (χ0v) is 8.51. The van der Waals surface area contributed by atoms with Crippen molar-refractivity contribution in [3.8, 4) is 0 Å². The van der Waals surface area contributed by atoms with Crippen LogP contribution in [0.1, 0.15) is 18.5 Å². The van der Waals surface area contributed by atoms with E-state index in [4.69, 9.17) is 0 Å². The third kappa shape index (κ3) is 3.04. The van der Waals surface area contributed by atoms with Crippen LogP contribution in [0.25, 0.3) is 0 Å². The van der Waals surface area contributed by atoms with Gasteiger partial charge in [-0.1, -0.05) is 4.49 Å². The minimum Gasteiger partial charge on any atom is -0.352 e. The molecule has 1 aliphatic carbocycles. The van der Waals surface area contributed by atoms with Crippen LogP contribution >= 0.6 is 11.5 Å². The molecule has 0 unspecified atom stereocenters. The van der Waals surface area contributed by atoms with E-state index in [0.29, 0.717) is 19.1 Å². The van der Waals surface area contributed by atoms with Gasteiger partial charge in [0.1, 0.15) is 0 Å². The average Bonchev–Trinajstić information content (AvgIpc) is 2.82. The highest BCUT2D eigenvalue weighted by Crippen LogP contribution is 2.18. The molecule has 1 fully saturated rings. The van der Waals surface area contributed by atoms with Gasteiger partial charge >= 0.3 is 0 Å². The van der Waals surface area contributed by atoms with Gasteiger partial charge < -0.3 is 10.6 Å². The maximum Gasteiger partial charge on any atom is 0.234 e. The number of carbonyl (C=O) groups is 1. The second-order valence-corrected chi connectivity index (χ2v) is 3.95. The van der Waals surface area contributed by atoms with Crippen LogP contribution in [0.3, 0.4) is 0 Å². The van der Waals surface area contributed by atoms with E-state index in [-0.39, 0.29) is 5.91 Å². The van der Waals surface area contributed by atoms with Crippen molar-refractivity contribution in [1.82, 2.24) is 20.2 Å². The highest BCUT2D eigenvalue weighted by Gasteiger charge is 2.22. The normalized spacial score (nSPS) is 15.4. The Hall–Kier alpha value is -1.01. The molecule has 0 spiro atoms. The Morgan fingerprint density at radius 1 is 1.64 bits per heavy atom. The first-order chi connectivity index (χ1) is 6.84. The molecule has 2 N–H and O–H groups in total. The summed E-state index contributed by atoms with van der Waals surface area (Å²) in [4.78, 5) is 11.2. The quantitative estimate of drug-likeness (QED) is 0.715. The summed E-state index contributed by atoms with van der Waals surface area (Å²) in [6, 6.07) is 0.435. The van der Waals surface area contributed by atoms with Crippen molar-refractivity contribution in [2.75, 3.05) is 6.54 Å². The molecular formula is C8H12N4OS. The molecule has 0 radical (unpaired) electrons. The third-order valence-electron chi connectivity index (χ3n) is 1.94. The molecule has 1 aliphatic rings. The van der Waals surface area contributed by atoms with Gasteiger partial charge in [-0.05, 0) is 24.4 Å². The Labute approximate surface area is 86.1 Å². The van der Waals surface area contributed by atoms with Crippen LogP contribution in [0.4, 0.5) is 0 Å². The van der Waals surface area contributed by atoms with Gasteiger partial charge in [-0.2, -0.15) is 0 Å². The number of hydrogen-bond donors (Lipinski definition) is 2. The minimum atomic E-state index is 0.0655. The Bertz CT molecular complexity index is 296. The number of rotatable bonds is 5. The van der Waals surface area contributed by atoms with E-state index in [2.05, 4.69) is 20.2 Å². The molecule has 1 heterocycles. The van der Waals surface area contributed by atoms with E-state index in [0.717, 1.165) is 18.5 Å². The maximum atomic E-state index is 11.2. The highest BCUT2D eigenvalue weighted by atomic mass is 32.1. The summed E-state index contributed by atoms with van der Waals surface area (Å²) in [7, 11) is 0. The zero-order valence-electron chi connectivity index (χ0n) is 7.69. The van der Waals surface area contributed by atoms with E-state index in [1.165, 1.54) is 11.5 Å². The van der Waals surface area contributed by atoms with E-state index >= 15 is 0 Å². The standard InChI is InChI=1S/C8H12N4OS/c13-8(10-6-1-2-6)4-9-3-7-5-14-12-11-7/h5-6,9H,1-4H2,(H,10,13). The topological polar surface area (TPSA) is 66.9 Å². The fourth-order valence-electron chi connectivity index (χ4n) is 1.07. The Morgan fingerprint density at radius 3 is 3.14 bits per heavy atom. The van der Waals surface area contributed by atoms with E-state index in [1.54, 1.807) is 0 Å². The Morgan fingerprint density at radius 2 is 2.50 bits per heavy atom. The van der Waals surface area contributed by atoms with Gasteiger partial charge in [-0.25, -0.2) is 0 Å². The number of carbonyl (C=O) groups excluding carboxylic acids is 1. The average molecular weight is 212 g/mol. The summed E-state index contributed by atoms with van der Waals surface area (Å²) >= 11 is 1.32. The summed E-state index contributed by atoms with van der Waals surface area (Å²) < 4.78 is 3.73. The number of nitrogens with zero attached hydrogens (tertiary/aromatic N) is 2. The lowest BCUT2D eigenvalue weighted by Gasteiger charge is -2.03. The molecular weight excluding hydrogens is 200 g/mol. The summed E-state index contributed by atoms with van der Waals surface area (Å²) in [6.07, 6.45) is 2.25. The number of hydrogen-bond acceptors (Lipinski definition) is 5. The molecule has 0 atom stereocenters. The van der Waals surface area contributed by atoms with Gasteiger partial charge in [0, 0.05) is 18.0 Å². The lowest BCUT2D eigenvalue weighted by atomic mass is 10.4. The summed E-state index contributed by atoms with van der Waals surface area (Å²) in [5.74, 6) is 0.0655. The second kappa shape index (κ2) is 4.47. The van der Waals surface area contributed by atoms with E-state index in [1.807, 2.05) is 5.38 Å². The molecule has 6 heteroatoms. The summed E-state index contributed by atoms with van der Waals surface area (Å²) in [5.41, 5.74) is 0.884. The molecule has 1 saturated carbocycles. The molecule has 76 valence electrons. The number of aromatic nitrogens is 2. The van der Waals surface area contributed by atoms with Gasteiger partial charge in [0.25, 0.3) is 0 Å². The van der Waals surface area contributed by atoms with Gasteiger partial charge in [0.2, 0.25) is 5.91 Å². The first-order valence-electron chi connectivity index (χ1n) is 4.60. The molecule has 14 heavy (non-hydrogen) atoms. The van der Waals surface area contributed by atoms with Crippen molar-refractivity contribution in [2.24, 2.45) is 0 Å². The minimum absolute atomic E-state index is 0.0655. The van der Waals surface area contributed by atoms with Gasteiger partial charge in [-0.15, -0.1) is 5.10 Å². The molecule has 0 bridgehead atoms. The van der Waals surface area contributed by atoms with Gasteiger partial charge in [0.15, 0.2) is 0 Å². The van der Waals surface area contributed by atoms with Crippen LogP contribution in [-0.2, 0) is 11.3 Å². The fourth-order valence-corrected chi connectivity index (χ4v) is 1.52. The van der Waals surface area contributed by atoms with Crippen molar-refractivity contribution in [3.05, 3.63) is 11.1 Å². The van der Waals surface area contributed by atoms with Crippen molar-refractivity contribution < 1.29 is 4.79 Å². The highest BCUT2D eigenvalue weighted by molar-refractivity contribution is 7.03. The van der Waals surface area contributed by atoms with Gasteiger partial charge in [0.05, 0.1) is 12.2 Å². The Kier molecular flexibility index (Phi) is 3.05. The smallest absolute Gasteiger partial charge is 0.234 e. The van der Waals surface area contributed by atoms with Crippen LogP contribution in [0.5, 0.6) is 0 Å². The maximum absolute atomic E-state index is 11.2. The van der Waals surface area contributed by atoms with E-state index < -0.39 is 0 Å². The molecule has 0 aliphatic heterocycles. The molecule has 1 aromatic heterocycles. The largest absolute Gasteiger partial charge is 0.352 e. The zero-order chi connectivity index (χ0) is 9.80. The lowest BCUT2D eigenvalue weighted by Crippen LogP contribution is -2.34. The Balaban J connectivity index is 1.60. The van der Waals surface area contributed by atoms with Crippen LogP contribution in [0.15, 0.2) is 5.38 Å². The molecule has 0 aromatic carbocycles. The van der Waals surface area contributed by atoms with Crippen LogP contribution in [0, 0.1) is 0 Å². The van der Waals surface area contributed by atoms with E-state index in [9.17, 15) is 4.79 Å². The first kappa shape index (κ1) is 9.54. The van der Waals surface area contributed by atoms with Crippen LogP contribution in [-0.4, -0.2) is 28.1 Å². The van der Waals surface area contributed by atoms with Gasteiger partial charge in [-0.3, -0.25) is 4.79 Å². The predicted molar refractivity (Wildman–Crippen MR) is 52.8 cm³/mol. The second-order valence-electron chi connectivity index (χ2n) is 3.34. The predicted octanol–water partition coefficient (Wildman–Crippen LogP) is -0.0937. The molecule has 0 saturated heterocycles. The van der Waals surface area contributed by atoms with Crippen molar-refractivity contribution in [1.29, 1.82) is 0 Å². The van der Waals surface area contributed by atoms with Crippen LogP contribution < -0.4 is 10.6 Å². The summed E-state index contributed by atoms with van der Waals surface area (Å²) in [5, 5.41) is 11.6. The lowest BCUT2D eigenvalue weighted by molar-refractivity contribution is -0.120.